The summed E-state index contributed by atoms with van der Waals surface area (Å²) in [5.74, 6) is -0.663. The van der Waals surface area contributed by atoms with Gasteiger partial charge in [0.25, 0.3) is 0 Å². The van der Waals surface area contributed by atoms with Crippen LogP contribution in [-0.2, 0) is 20.9 Å². The summed E-state index contributed by atoms with van der Waals surface area (Å²) >= 11 is -2.51. The Balaban J connectivity index is 1.44. The summed E-state index contributed by atoms with van der Waals surface area (Å²) in [6, 6.07) is 7.08. The van der Waals surface area contributed by atoms with Crippen molar-refractivity contribution in [2.24, 2.45) is 17.8 Å². The quantitative estimate of drug-likeness (QED) is 0.514. The molecule has 7 atom stereocenters. The molecule has 1 aromatic rings. The Bertz CT molecular complexity index is 855. The molecule has 0 spiro atoms. The van der Waals surface area contributed by atoms with Gasteiger partial charge in [0.15, 0.2) is 0 Å². The van der Waals surface area contributed by atoms with E-state index in [1.807, 2.05) is 11.0 Å². The molecule has 32 heavy (non-hydrogen) atoms. The molecule has 1 saturated carbocycles. The second-order valence-corrected chi connectivity index (χ2v) is 10.1. The lowest BCUT2D eigenvalue weighted by Crippen LogP contribution is -2.50. The maximum Gasteiger partial charge on any atom is 0.321 e. The highest BCUT2D eigenvalue weighted by Gasteiger charge is 2.43. The summed E-state index contributed by atoms with van der Waals surface area (Å²) in [6.45, 7) is 1.68. The Morgan fingerprint density at radius 1 is 1.09 bits per heavy atom. The maximum absolute atomic E-state index is 12.0. The molecule has 0 amide bonds. The Morgan fingerprint density at radius 2 is 1.84 bits per heavy atom. The van der Waals surface area contributed by atoms with Crippen LogP contribution in [0, 0.1) is 17.8 Å². The van der Waals surface area contributed by atoms with Crippen molar-refractivity contribution in [2.45, 2.75) is 50.2 Å². The Morgan fingerprint density at radius 3 is 2.50 bits per heavy atom. The standard InChI is InChI=1S/C22H31N3O6S/c26-21(27)19-9-16-8-14(6-7-15(16)11-23-19)12-24-13-18(10-20(24)22(28)29)25(32(30)31)17-4-2-1-3-5-17/h1-5,14-16,18-20,23H,6-13H2,(H,26,27)(H,28,29)(H,30,31)/p-1/t14-,15-,16+,18-,19-,20-/m0/s1. The van der Waals surface area contributed by atoms with Crippen LogP contribution in [0.15, 0.2) is 30.3 Å². The molecule has 1 aromatic carbocycles. The van der Waals surface area contributed by atoms with Gasteiger partial charge in [-0.3, -0.25) is 23.0 Å². The molecule has 0 aromatic heterocycles. The predicted molar refractivity (Wildman–Crippen MR) is 118 cm³/mol. The van der Waals surface area contributed by atoms with Gasteiger partial charge in [-0.25, -0.2) is 0 Å². The van der Waals surface area contributed by atoms with Crippen LogP contribution in [0.5, 0.6) is 0 Å². The van der Waals surface area contributed by atoms with Gasteiger partial charge in [0.05, 0.1) is 6.04 Å². The van der Waals surface area contributed by atoms with Gasteiger partial charge in [-0.2, -0.15) is 0 Å². The summed E-state index contributed by atoms with van der Waals surface area (Å²) in [4.78, 5) is 25.3. The summed E-state index contributed by atoms with van der Waals surface area (Å²) in [5, 5.41) is 22.3. The molecule has 9 nitrogen and oxygen atoms in total. The van der Waals surface area contributed by atoms with E-state index in [1.54, 1.807) is 24.3 Å². The predicted octanol–water partition coefficient (Wildman–Crippen LogP) is 1.29. The minimum Gasteiger partial charge on any atom is -0.755 e. The van der Waals surface area contributed by atoms with E-state index in [4.69, 9.17) is 0 Å². The summed E-state index contributed by atoms with van der Waals surface area (Å²) in [5.41, 5.74) is 0.534. The first-order valence-electron chi connectivity index (χ1n) is 11.2. The molecule has 3 N–H and O–H groups in total. The molecule has 2 saturated heterocycles. The monoisotopic (exact) mass is 464 g/mol. The minimum absolute atomic E-state index is 0.238. The van der Waals surface area contributed by atoms with Gasteiger partial charge in [0, 0.05) is 30.0 Å². The molecular formula is C22H30N3O6S-. The smallest absolute Gasteiger partial charge is 0.321 e. The molecule has 3 aliphatic rings. The lowest BCUT2D eigenvalue weighted by Gasteiger charge is -2.42. The van der Waals surface area contributed by atoms with Crippen molar-refractivity contribution in [2.75, 3.05) is 23.9 Å². The van der Waals surface area contributed by atoms with Crippen molar-refractivity contribution < 1.29 is 28.6 Å². The SMILES string of the molecule is O=C(O)[C@@H]1C[C@H]2C[C@@H](CN3C[C@@H](N(c4ccccc4)S(=O)[O-])C[C@H]3C(=O)O)CC[C@H]2CN1. The van der Waals surface area contributed by atoms with Gasteiger partial charge >= 0.3 is 11.9 Å². The van der Waals surface area contributed by atoms with Gasteiger partial charge < -0.3 is 20.1 Å². The highest BCUT2D eigenvalue weighted by atomic mass is 32.2. The third-order valence-electron chi connectivity index (χ3n) is 7.37. The molecule has 0 bridgehead atoms. The number of aliphatic carboxylic acids is 2. The van der Waals surface area contributed by atoms with E-state index >= 15 is 0 Å². The number of carboxylic acid groups (broad SMARTS) is 2. The number of para-hydroxylation sites is 1. The number of likely N-dealkylation sites (tertiary alicyclic amines) is 1. The van der Waals surface area contributed by atoms with Crippen molar-refractivity contribution in [3.63, 3.8) is 0 Å². The third-order valence-corrected chi connectivity index (χ3v) is 8.20. The number of hydrogen-bond donors (Lipinski definition) is 3. The van der Waals surface area contributed by atoms with Crippen molar-refractivity contribution >= 4 is 28.9 Å². The van der Waals surface area contributed by atoms with E-state index < -0.39 is 41.3 Å². The van der Waals surface area contributed by atoms with Crippen molar-refractivity contribution in [1.82, 2.24) is 10.2 Å². The lowest BCUT2D eigenvalue weighted by atomic mass is 9.69. The van der Waals surface area contributed by atoms with E-state index in [9.17, 15) is 28.6 Å². The highest BCUT2D eigenvalue weighted by molar-refractivity contribution is 7.80. The van der Waals surface area contributed by atoms with Crippen molar-refractivity contribution in [1.29, 1.82) is 0 Å². The first-order valence-corrected chi connectivity index (χ1v) is 12.2. The van der Waals surface area contributed by atoms with Crippen LogP contribution in [0.1, 0.15) is 32.1 Å². The average molecular weight is 465 g/mol. The summed E-state index contributed by atoms with van der Waals surface area (Å²) in [6.07, 6.45) is 3.72. The molecule has 1 unspecified atom stereocenters. The Labute approximate surface area is 190 Å². The topological polar surface area (TPSA) is 133 Å². The largest absolute Gasteiger partial charge is 0.755 e. The average Bonchev–Trinajstić information content (AvgIpc) is 3.17. The molecule has 4 rings (SSSR count). The lowest BCUT2D eigenvalue weighted by molar-refractivity contribution is -0.143. The summed E-state index contributed by atoms with van der Waals surface area (Å²) in [7, 11) is 0. The first-order chi connectivity index (χ1) is 15.3. The number of rotatable bonds is 7. The molecule has 1 aliphatic carbocycles. The van der Waals surface area contributed by atoms with Crippen LogP contribution < -0.4 is 9.62 Å². The zero-order valence-corrected chi connectivity index (χ0v) is 18.7. The molecule has 176 valence electrons. The number of anilines is 1. The Kier molecular flexibility index (Phi) is 7.14. The van der Waals surface area contributed by atoms with E-state index in [0.717, 1.165) is 25.8 Å². The van der Waals surface area contributed by atoms with Crippen LogP contribution in [0.3, 0.4) is 0 Å². The van der Waals surface area contributed by atoms with E-state index in [2.05, 4.69) is 5.32 Å². The fourth-order valence-electron chi connectivity index (χ4n) is 5.85. The molecule has 0 radical (unpaired) electrons. The summed E-state index contributed by atoms with van der Waals surface area (Å²) < 4.78 is 25.3. The number of benzene rings is 1. The number of nitrogens with zero attached hydrogens (tertiary/aromatic N) is 2. The first kappa shape index (κ1) is 23.2. The molecule has 10 heteroatoms. The van der Waals surface area contributed by atoms with E-state index in [0.29, 0.717) is 37.0 Å². The van der Waals surface area contributed by atoms with Gasteiger partial charge in [-0.05, 0) is 68.5 Å². The normalized spacial score (nSPS) is 33.9. The van der Waals surface area contributed by atoms with Crippen LogP contribution in [0.25, 0.3) is 0 Å². The van der Waals surface area contributed by atoms with Crippen LogP contribution >= 0.6 is 0 Å². The minimum atomic E-state index is -2.51. The number of carbonyl (C=O) groups is 2. The van der Waals surface area contributed by atoms with Gasteiger partial charge in [-0.1, -0.05) is 18.2 Å². The molecule has 2 aliphatic heterocycles. The van der Waals surface area contributed by atoms with Crippen molar-refractivity contribution in [3.05, 3.63) is 30.3 Å². The fourth-order valence-corrected chi connectivity index (χ4v) is 6.54. The zero-order chi connectivity index (χ0) is 22.8. The van der Waals surface area contributed by atoms with Crippen LogP contribution in [0.2, 0.25) is 0 Å². The number of nitrogens with one attached hydrogen (secondary N) is 1. The van der Waals surface area contributed by atoms with Gasteiger partial charge in [0.1, 0.15) is 12.1 Å². The van der Waals surface area contributed by atoms with Crippen LogP contribution in [-0.4, -0.2) is 73.6 Å². The van der Waals surface area contributed by atoms with E-state index in [1.165, 1.54) is 4.31 Å². The fraction of sp³-hybridized carbons (Fsp3) is 0.636. The molecular weight excluding hydrogens is 434 g/mol. The molecule has 3 fully saturated rings. The van der Waals surface area contributed by atoms with Gasteiger partial charge in [0.2, 0.25) is 0 Å². The number of piperidine rings is 1. The number of carboxylic acids is 2. The van der Waals surface area contributed by atoms with Crippen molar-refractivity contribution in [3.8, 4) is 0 Å². The number of hydrogen-bond acceptors (Lipinski definition) is 6. The molecule has 2 heterocycles. The Hall–Kier alpha value is -2.01. The number of fused-ring (bicyclic) bond motifs is 1. The second kappa shape index (κ2) is 9.86. The van der Waals surface area contributed by atoms with Crippen LogP contribution in [0.4, 0.5) is 5.69 Å². The highest BCUT2D eigenvalue weighted by Crippen LogP contribution is 2.40. The maximum atomic E-state index is 12.0. The van der Waals surface area contributed by atoms with E-state index in [-0.39, 0.29) is 12.3 Å². The second-order valence-electron chi connectivity index (χ2n) is 9.31. The zero-order valence-electron chi connectivity index (χ0n) is 17.8. The van der Waals surface area contributed by atoms with Gasteiger partial charge in [-0.15, -0.1) is 0 Å². The third kappa shape index (κ3) is 4.98.